The average molecular weight is 1430 g/mol. The minimum absolute atomic E-state index is 0.0446. The van der Waals surface area contributed by atoms with Crippen LogP contribution in [0.1, 0.15) is 99.0 Å². The number of halogens is 1. The fourth-order valence-corrected chi connectivity index (χ4v) is 10.8. The number of aliphatic hydroxyl groups excluding tert-OH is 4. The van der Waals surface area contributed by atoms with Crippen molar-refractivity contribution in [2.24, 2.45) is 11.5 Å². The summed E-state index contributed by atoms with van der Waals surface area (Å²) in [6, 6.07) is 9.16. The first-order valence-electron chi connectivity index (χ1n) is 33.0. The molecule has 11 atom stereocenters. The summed E-state index contributed by atoms with van der Waals surface area (Å²) in [5, 5.41) is 95.6. The van der Waals surface area contributed by atoms with Crippen LogP contribution in [0.25, 0.3) is 11.1 Å². The van der Waals surface area contributed by atoms with Gasteiger partial charge in [0.25, 0.3) is 0 Å². The van der Waals surface area contributed by atoms with Gasteiger partial charge in [-0.05, 0) is 131 Å². The molecule has 34 heteroatoms. The molecule has 1 aromatic heterocycles. The Morgan fingerprint density at radius 2 is 1.25 bits per heavy atom. The Balaban J connectivity index is 1.35. The predicted molar refractivity (Wildman–Crippen MR) is 364 cm³/mol. The summed E-state index contributed by atoms with van der Waals surface area (Å²) >= 11 is 0. The first-order valence-corrected chi connectivity index (χ1v) is 33.0. The van der Waals surface area contributed by atoms with Gasteiger partial charge < -0.3 is 94.7 Å². The van der Waals surface area contributed by atoms with Crippen molar-refractivity contribution in [3.63, 3.8) is 0 Å². The lowest BCUT2D eigenvalue weighted by molar-refractivity contribution is -0.143. The van der Waals surface area contributed by atoms with Crippen molar-refractivity contribution in [2.75, 3.05) is 32.9 Å². The molecular weight excluding hydrogens is 1330 g/mol. The molecule has 9 amide bonds. The topological polar surface area (TPSA) is 533 Å². The molecule has 5 rings (SSSR count). The third kappa shape index (κ3) is 25.7. The Morgan fingerprint density at radius 3 is 1.85 bits per heavy atom. The van der Waals surface area contributed by atoms with Crippen molar-refractivity contribution in [1.29, 1.82) is 0 Å². The first-order chi connectivity index (χ1) is 48.4. The molecule has 0 saturated carbocycles. The van der Waals surface area contributed by atoms with Gasteiger partial charge in [0.1, 0.15) is 65.4 Å². The number of unbranched alkanes of at least 4 members (excludes halogenated alkanes) is 1. The molecule has 5 aromatic rings. The number of aromatic amines is 1. The molecule has 1 heterocycles. The van der Waals surface area contributed by atoms with E-state index >= 15 is 4.39 Å². The standard InChI is InChI=1S/C68H92FN15O18/c1-7-42-29-45(102-24-11-10-23-70)21-22-46(42)43-19-17-40(18-20-43)28-50(61(94)73-49(66(99)100)16-12-13-41-26-36(2)25-37(3)27-41)75-62(95)52(31-56(90)91)76-63(96)53(35-86)77-64(97)57(38(4)87)79-67(101)68(6,32-44-14-8-9-15-47(44)69)80-65(98)58(39(5)88)78-55(89)33-72-60(93)51(30-54-81-83-84-82-54)74-59(92)48(71)34-85/h8-9,14-15,17-22,25-27,29,38-39,48-53,57-58,85-88H,7,10-13,16,23-24,28,30-35,70-71H2,1-6H3,(H,72,93)(H,73,94)(H,74,92)(H,75,95)(H,76,96)(H,77,97)(H,78,89)(H,79,101)(H,80,98)(H,90,91)(H,99,100)(H,81,82,83,84)/t38-,39-,48+,49+,50+,51+,52+,53+,57+,58+,68+/m1/s1. The van der Waals surface area contributed by atoms with Gasteiger partial charge in [-0.3, -0.25) is 47.9 Å². The maximum absolute atomic E-state index is 15.4. The lowest BCUT2D eigenvalue weighted by Crippen LogP contribution is -2.67. The predicted octanol–water partition coefficient (Wildman–Crippen LogP) is -2.63. The van der Waals surface area contributed by atoms with Crippen LogP contribution >= 0.6 is 0 Å². The monoisotopic (exact) mass is 1430 g/mol. The molecule has 0 bridgehead atoms. The number of amides is 9. The van der Waals surface area contributed by atoms with Crippen LogP contribution in [0.3, 0.4) is 0 Å². The van der Waals surface area contributed by atoms with Gasteiger partial charge in [-0.15, -0.1) is 10.2 Å². The molecule has 20 N–H and O–H groups in total. The van der Waals surface area contributed by atoms with Crippen LogP contribution in [0.5, 0.6) is 5.75 Å². The molecule has 102 heavy (non-hydrogen) atoms. The fourth-order valence-electron chi connectivity index (χ4n) is 10.8. The summed E-state index contributed by atoms with van der Waals surface area (Å²) in [5.41, 5.74) is 14.6. The third-order valence-corrected chi connectivity index (χ3v) is 16.2. The number of aromatic nitrogens is 4. The molecular formula is C68H92FN15O18. The van der Waals surface area contributed by atoms with Crippen LogP contribution in [0.15, 0.2) is 84.9 Å². The summed E-state index contributed by atoms with van der Waals surface area (Å²) in [6.07, 6.45) is -3.28. The molecule has 0 spiro atoms. The molecule has 0 aliphatic carbocycles. The zero-order chi connectivity index (χ0) is 75.4. The largest absolute Gasteiger partial charge is 0.494 e. The van der Waals surface area contributed by atoms with Gasteiger partial charge in [0, 0.05) is 19.3 Å². The fraction of sp³-hybridized carbons (Fsp3) is 0.471. The van der Waals surface area contributed by atoms with Gasteiger partial charge in [-0.2, -0.15) is 5.21 Å². The molecule has 554 valence electrons. The number of tetrazole rings is 1. The number of carbonyl (C=O) groups excluding carboxylic acids is 9. The van der Waals surface area contributed by atoms with Crippen LogP contribution in [-0.2, 0) is 84.8 Å². The van der Waals surface area contributed by atoms with E-state index in [1.807, 2.05) is 57.2 Å². The number of nitrogens with zero attached hydrogens (tertiary/aromatic N) is 3. The second kappa shape index (κ2) is 40.2. The van der Waals surface area contributed by atoms with Crippen molar-refractivity contribution in [1.82, 2.24) is 68.5 Å². The van der Waals surface area contributed by atoms with Crippen LogP contribution in [-0.4, -0.2) is 215 Å². The van der Waals surface area contributed by atoms with Crippen LogP contribution in [0.2, 0.25) is 0 Å². The van der Waals surface area contributed by atoms with Gasteiger partial charge in [0.05, 0.1) is 45.0 Å². The number of ether oxygens (including phenoxy) is 1. The Hall–Kier alpha value is -10.4. The van der Waals surface area contributed by atoms with Crippen molar-refractivity contribution >= 4 is 65.1 Å². The minimum atomic E-state index is -2.39. The number of carboxylic acids is 2. The second-order valence-corrected chi connectivity index (χ2v) is 24.8. The number of H-pyrrole nitrogens is 1. The maximum atomic E-state index is 15.4. The molecule has 33 nitrogen and oxygen atoms in total. The third-order valence-electron chi connectivity index (χ3n) is 16.2. The summed E-state index contributed by atoms with van der Waals surface area (Å²) < 4.78 is 21.3. The molecule has 0 aliphatic rings. The maximum Gasteiger partial charge on any atom is 0.326 e. The Morgan fingerprint density at radius 1 is 0.647 bits per heavy atom. The van der Waals surface area contributed by atoms with Crippen molar-refractivity contribution in [2.45, 2.75) is 172 Å². The second-order valence-electron chi connectivity index (χ2n) is 24.8. The Bertz CT molecular complexity index is 3680. The zero-order valence-electron chi connectivity index (χ0n) is 57.4. The number of hydrogen-bond acceptors (Lipinski definition) is 21. The highest BCUT2D eigenvalue weighted by Crippen LogP contribution is 2.29. The van der Waals surface area contributed by atoms with E-state index in [-0.39, 0.29) is 30.7 Å². The van der Waals surface area contributed by atoms with Gasteiger partial charge in [-0.1, -0.05) is 90.0 Å². The summed E-state index contributed by atoms with van der Waals surface area (Å²) in [6.45, 7) is 7.00. The normalized spacial score (nSPS) is 14.7. The lowest BCUT2D eigenvalue weighted by Gasteiger charge is -2.34. The summed E-state index contributed by atoms with van der Waals surface area (Å²) in [7, 11) is 0. The van der Waals surface area contributed by atoms with E-state index in [0.717, 1.165) is 73.1 Å². The van der Waals surface area contributed by atoms with Gasteiger partial charge in [-0.25, -0.2) is 9.18 Å². The van der Waals surface area contributed by atoms with E-state index in [2.05, 4.69) is 68.5 Å². The minimum Gasteiger partial charge on any atom is -0.494 e. The van der Waals surface area contributed by atoms with E-state index in [1.54, 1.807) is 24.3 Å². The quantitative estimate of drug-likeness (QED) is 0.0178. The van der Waals surface area contributed by atoms with Crippen LogP contribution in [0, 0.1) is 19.7 Å². The SMILES string of the molecule is CCc1cc(OCCCCN)ccc1-c1ccc(C[C@H](NC(=O)[C@H](CC(=O)O)NC(=O)[C@H](CO)NC(=O)[C@@H](NC(=O)[C@](C)(Cc2ccccc2F)NC(=O)[C@@H](NC(=O)CNC(=O)[C@H](Cc2nn[nH]n2)NC(=O)[C@@H](N)CO)[C@@H](C)O)[C@@H](C)O)C(=O)N[C@@H](CCCc2cc(C)cc(C)c2)C(=O)O)cc1. The van der Waals surface area contributed by atoms with E-state index in [0.29, 0.717) is 43.7 Å². The van der Waals surface area contributed by atoms with Gasteiger partial charge >= 0.3 is 11.9 Å². The highest BCUT2D eigenvalue weighted by Gasteiger charge is 2.43. The van der Waals surface area contributed by atoms with Crippen molar-refractivity contribution in [3.05, 3.63) is 130 Å². The van der Waals surface area contributed by atoms with Crippen molar-refractivity contribution < 1.29 is 92.5 Å². The number of aryl methyl sites for hydroxylation is 4. The molecule has 0 fully saturated rings. The molecule has 0 radical (unpaired) electrons. The highest BCUT2D eigenvalue weighted by molar-refractivity contribution is 6.00. The summed E-state index contributed by atoms with van der Waals surface area (Å²) in [4.78, 5) is 150. The number of nitrogens with two attached hydrogens (primary N) is 2. The average Bonchev–Trinajstić information content (AvgIpc) is 0.854. The number of rotatable bonds is 42. The molecule has 0 saturated heterocycles. The number of carboxylic acid groups (broad SMARTS) is 2. The Kier molecular flexibility index (Phi) is 32.4. The molecule has 4 aromatic carbocycles. The summed E-state index contributed by atoms with van der Waals surface area (Å²) in [5.74, 6) is -14.1. The number of hydrogen-bond donors (Lipinski definition) is 18. The van der Waals surface area contributed by atoms with Gasteiger partial charge in [0.15, 0.2) is 5.82 Å². The molecule has 0 aliphatic heterocycles. The first kappa shape index (κ1) is 82.3. The lowest BCUT2D eigenvalue weighted by atomic mass is 9.90. The van der Waals surface area contributed by atoms with E-state index in [4.69, 9.17) is 16.2 Å². The number of aliphatic hydroxyl groups is 4. The molecule has 0 unspecified atom stereocenters. The Labute approximate surface area is 587 Å². The van der Waals surface area contributed by atoms with E-state index in [9.17, 15) is 83.4 Å². The number of carbonyl (C=O) groups is 11. The highest BCUT2D eigenvalue weighted by atomic mass is 19.1. The number of nitrogens with one attached hydrogen (secondary N) is 10. The van der Waals surface area contributed by atoms with Crippen LogP contribution in [0.4, 0.5) is 4.39 Å². The van der Waals surface area contributed by atoms with Crippen molar-refractivity contribution in [3.8, 4) is 16.9 Å². The van der Waals surface area contributed by atoms with E-state index in [1.165, 1.54) is 18.2 Å². The number of benzene rings is 4. The number of aliphatic carboxylic acids is 2. The smallest absolute Gasteiger partial charge is 0.326 e. The van der Waals surface area contributed by atoms with Crippen LogP contribution < -0.4 is 64.1 Å². The van der Waals surface area contributed by atoms with E-state index < -0.39 is 170 Å². The van der Waals surface area contributed by atoms with Gasteiger partial charge in [0.2, 0.25) is 53.2 Å². The zero-order valence-corrected chi connectivity index (χ0v) is 57.4.